The molecule has 0 aliphatic heterocycles. The van der Waals surface area contributed by atoms with E-state index in [0.717, 1.165) is 30.3 Å². The fourth-order valence-electron chi connectivity index (χ4n) is 3.44. The van der Waals surface area contributed by atoms with Crippen LogP contribution in [0.4, 0.5) is 23.2 Å². The van der Waals surface area contributed by atoms with Crippen LogP contribution in [0.25, 0.3) is 10.9 Å². The van der Waals surface area contributed by atoms with Gasteiger partial charge in [-0.25, -0.2) is 12.8 Å². The largest absolute Gasteiger partial charge is 0.493 e. The summed E-state index contributed by atoms with van der Waals surface area (Å²) in [6.45, 7) is 0. The molecule has 36 heavy (non-hydrogen) atoms. The van der Waals surface area contributed by atoms with Crippen LogP contribution in [-0.4, -0.2) is 27.6 Å². The van der Waals surface area contributed by atoms with E-state index in [-0.39, 0.29) is 5.75 Å². The van der Waals surface area contributed by atoms with Gasteiger partial charge in [0.05, 0.1) is 35.9 Å². The molecule has 0 amide bonds. The lowest BCUT2D eigenvalue weighted by molar-refractivity contribution is -0.139. The number of rotatable bonds is 7. The maximum Gasteiger partial charge on any atom is 0.417 e. The van der Waals surface area contributed by atoms with Crippen molar-refractivity contribution < 1.29 is 40.2 Å². The Balaban J connectivity index is 1.64. The molecule has 1 heterocycles. The predicted octanol–water partition coefficient (Wildman–Crippen LogP) is 6.00. The van der Waals surface area contributed by atoms with Gasteiger partial charge in [-0.15, -0.1) is 0 Å². The van der Waals surface area contributed by atoms with Gasteiger partial charge in [-0.1, -0.05) is 12.1 Å². The molecule has 0 bridgehead atoms. The molecule has 1 N–H and O–H groups in total. The number of anilines is 1. The van der Waals surface area contributed by atoms with Gasteiger partial charge >= 0.3 is 6.18 Å². The van der Waals surface area contributed by atoms with Gasteiger partial charge in [0.25, 0.3) is 10.0 Å². The number of hydrogen-bond donors (Lipinski definition) is 1. The van der Waals surface area contributed by atoms with Crippen molar-refractivity contribution in [2.24, 2.45) is 0 Å². The number of halogens is 4. The first kappa shape index (κ1) is 25.0. The highest BCUT2D eigenvalue weighted by Gasteiger charge is 2.37. The number of benzene rings is 3. The molecule has 0 saturated heterocycles. The number of hydrogen-bond acceptors (Lipinski definition) is 6. The number of sulfonamides is 1. The second-order valence-electron chi connectivity index (χ2n) is 7.38. The van der Waals surface area contributed by atoms with Crippen molar-refractivity contribution in [3.05, 3.63) is 78.2 Å². The molecular weight excluding hydrogens is 504 g/mol. The molecule has 3 aromatic carbocycles. The van der Waals surface area contributed by atoms with Crippen LogP contribution in [0, 0.1) is 5.82 Å². The van der Waals surface area contributed by atoms with Crippen LogP contribution in [0.1, 0.15) is 5.56 Å². The molecule has 0 saturated carbocycles. The van der Waals surface area contributed by atoms with Crippen LogP contribution in [0.5, 0.6) is 23.0 Å². The summed E-state index contributed by atoms with van der Waals surface area (Å²) in [6, 6.07) is 11.6. The minimum absolute atomic E-state index is 0.00780. The molecule has 0 fully saturated rings. The minimum Gasteiger partial charge on any atom is -0.493 e. The van der Waals surface area contributed by atoms with E-state index in [4.69, 9.17) is 14.2 Å². The van der Waals surface area contributed by atoms with E-state index in [1.807, 2.05) is 4.72 Å². The van der Waals surface area contributed by atoms with Gasteiger partial charge in [0.1, 0.15) is 11.5 Å². The number of pyridine rings is 1. The van der Waals surface area contributed by atoms with Crippen molar-refractivity contribution in [3.63, 3.8) is 0 Å². The Labute approximate surface area is 203 Å². The lowest BCUT2D eigenvalue weighted by Crippen LogP contribution is -2.19. The normalized spacial score (nSPS) is 11.8. The standard InChI is InChI=1S/C24H18F4N2O5S/c1-33-21-12-15-19(13-22(21)34-2)29-10-9-20(15)35-14-7-8-18(17(25)11-14)30-36(31,32)23-6-4-3-5-16(23)24(26,27)28/h3-13,30H,1-2H3. The molecule has 0 aliphatic rings. The molecule has 0 aliphatic carbocycles. The van der Waals surface area contributed by atoms with Gasteiger partial charge in [-0.2, -0.15) is 13.2 Å². The highest BCUT2D eigenvalue weighted by Crippen LogP contribution is 2.38. The fraction of sp³-hybridized carbons (Fsp3) is 0.125. The summed E-state index contributed by atoms with van der Waals surface area (Å²) in [5, 5.41) is 0.532. The van der Waals surface area contributed by atoms with Gasteiger partial charge < -0.3 is 14.2 Å². The minimum atomic E-state index is -4.92. The Morgan fingerprint density at radius 2 is 1.58 bits per heavy atom. The van der Waals surface area contributed by atoms with E-state index in [9.17, 15) is 26.0 Å². The van der Waals surface area contributed by atoms with E-state index in [1.54, 1.807) is 12.1 Å². The average Bonchev–Trinajstić information content (AvgIpc) is 2.84. The zero-order chi connectivity index (χ0) is 26.1. The molecular formula is C24H18F4N2O5S. The molecule has 7 nitrogen and oxygen atoms in total. The SMILES string of the molecule is COc1cc2nccc(Oc3ccc(NS(=O)(=O)c4ccccc4C(F)(F)F)c(F)c3)c2cc1OC. The molecule has 0 spiro atoms. The monoisotopic (exact) mass is 522 g/mol. The summed E-state index contributed by atoms with van der Waals surface area (Å²) >= 11 is 0. The van der Waals surface area contributed by atoms with E-state index < -0.39 is 38.2 Å². The van der Waals surface area contributed by atoms with Crippen LogP contribution in [0.2, 0.25) is 0 Å². The number of nitrogens with one attached hydrogen (secondary N) is 1. The predicted molar refractivity (Wildman–Crippen MR) is 124 cm³/mol. The van der Waals surface area contributed by atoms with E-state index in [0.29, 0.717) is 34.2 Å². The molecule has 0 atom stereocenters. The van der Waals surface area contributed by atoms with Crippen LogP contribution in [0.15, 0.2) is 71.8 Å². The first-order chi connectivity index (χ1) is 17.0. The van der Waals surface area contributed by atoms with Crippen molar-refractivity contribution in [2.45, 2.75) is 11.1 Å². The summed E-state index contributed by atoms with van der Waals surface area (Å²) in [6.07, 6.45) is -3.44. The number of fused-ring (bicyclic) bond motifs is 1. The third kappa shape index (κ3) is 4.98. The second kappa shape index (κ2) is 9.53. The molecule has 0 unspecified atom stereocenters. The van der Waals surface area contributed by atoms with Crippen LogP contribution < -0.4 is 18.9 Å². The maximum absolute atomic E-state index is 14.8. The Hall–Kier alpha value is -4.06. The van der Waals surface area contributed by atoms with Gasteiger partial charge in [0, 0.05) is 23.7 Å². The quantitative estimate of drug-likeness (QED) is 0.300. The summed E-state index contributed by atoms with van der Waals surface area (Å²) in [4.78, 5) is 3.22. The molecule has 4 aromatic rings. The fourth-order valence-corrected chi connectivity index (χ4v) is 4.74. The maximum atomic E-state index is 14.8. The molecule has 12 heteroatoms. The van der Waals surface area contributed by atoms with E-state index in [1.165, 1.54) is 32.5 Å². The molecule has 0 radical (unpaired) electrons. The van der Waals surface area contributed by atoms with Gasteiger partial charge in [0.15, 0.2) is 17.3 Å². The van der Waals surface area contributed by atoms with E-state index in [2.05, 4.69) is 4.98 Å². The van der Waals surface area contributed by atoms with Crippen molar-refractivity contribution >= 4 is 26.6 Å². The van der Waals surface area contributed by atoms with Crippen molar-refractivity contribution in [1.82, 2.24) is 4.98 Å². The molecule has 4 rings (SSSR count). The number of methoxy groups -OCH3 is 2. The highest BCUT2D eigenvalue weighted by molar-refractivity contribution is 7.92. The second-order valence-corrected chi connectivity index (χ2v) is 9.03. The van der Waals surface area contributed by atoms with Crippen molar-refractivity contribution in [3.8, 4) is 23.0 Å². The van der Waals surface area contributed by atoms with Gasteiger partial charge in [-0.05, 0) is 36.4 Å². The van der Waals surface area contributed by atoms with Crippen molar-refractivity contribution in [2.75, 3.05) is 18.9 Å². The number of alkyl halides is 3. The summed E-state index contributed by atoms with van der Waals surface area (Å²) in [5.41, 5.74) is -1.40. The zero-order valence-corrected chi connectivity index (χ0v) is 19.6. The summed E-state index contributed by atoms with van der Waals surface area (Å²) in [7, 11) is -1.81. The summed E-state index contributed by atoms with van der Waals surface area (Å²) < 4.78 is 98.0. The molecule has 1 aromatic heterocycles. The first-order valence-corrected chi connectivity index (χ1v) is 11.7. The van der Waals surface area contributed by atoms with Crippen LogP contribution >= 0.6 is 0 Å². The Morgan fingerprint density at radius 1 is 0.889 bits per heavy atom. The lowest BCUT2D eigenvalue weighted by Gasteiger charge is -2.15. The van der Waals surface area contributed by atoms with E-state index >= 15 is 0 Å². The van der Waals surface area contributed by atoms with Gasteiger partial charge in [-0.3, -0.25) is 9.71 Å². The lowest BCUT2D eigenvalue weighted by atomic mass is 10.2. The number of aromatic nitrogens is 1. The highest BCUT2D eigenvalue weighted by atomic mass is 32.2. The van der Waals surface area contributed by atoms with Crippen LogP contribution in [0.3, 0.4) is 0 Å². The van der Waals surface area contributed by atoms with Crippen molar-refractivity contribution in [1.29, 1.82) is 0 Å². The number of nitrogens with zero attached hydrogens (tertiary/aromatic N) is 1. The summed E-state index contributed by atoms with van der Waals surface area (Å²) in [5.74, 6) is 0.113. The first-order valence-electron chi connectivity index (χ1n) is 10.2. The van der Waals surface area contributed by atoms with Crippen LogP contribution in [-0.2, 0) is 16.2 Å². The Bertz CT molecular complexity index is 1540. The Kier molecular flexibility index (Phi) is 6.63. The third-order valence-electron chi connectivity index (χ3n) is 5.10. The molecule has 188 valence electrons. The Morgan fingerprint density at radius 3 is 2.25 bits per heavy atom. The average molecular weight is 522 g/mol. The topological polar surface area (TPSA) is 86.8 Å². The zero-order valence-electron chi connectivity index (χ0n) is 18.8. The third-order valence-corrected chi connectivity index (χ3v) is 6.53. The smallest absolute Gasteiger partial charge is 0.417 e. The van der Waals surface area contributed by atoms with Gasteiger partial charge in [0.2, 0.25) is 0 Å². The number of ether oxygens (including phenoxy) is 3.